The third kappa shape index (κ3) is 5.37. The van der Waals surface area contributed by atoms with Gasteiger partial charge in [0.15, 0.2) is 0 Å². The van der Waals surface area contributed by atoms with E-state index in [1.165, 1.54) is 18.2 Å². The number of methoxy groups -OCH3 is 1. The molecule has 2 rings (SSSR count). The molecule has 0 aliphatic carbocycles. The molecule has 0 atom stereocenters. The van der Waals surface area contributed by atoms with Crippen molar-refractivity contribution in [3.63, 3.8) is 0 Å². The molecule has 0 aliphatic rings. The smallest absolute Gasteiger partial charge is 0.416 e. The Hall–Kier alpha value is -2.76. The molecule has 138 valence electrons. The van der Waals surface area contributed by atoms with Gasteiger partial charge in [0.1, 0.15) is 5.75 Å². The topological polar surface area (TPSA) is 35.5 Å². The highest BCUT2D eigenvalue weighted by molar-refractivity contribution is 5.91. The van der Waals surface area contributed by atoms with E-state index in [4.69, 9.17) is 9.47 Å². The summed E-state index contributed by atoms with van der Waals surface area (Å²) in [7, 11) is 1.56. The fourth-order valence-electron chi connectivity index (χ4n) is 2.40. The van der Waals surface area contributed by atoms with Crippen molar-refractivity contribution in [3.8, 4) is 5.75 Å². The number of ether oxygens (including phenoxy) is 2. The molecule has 2 aromatic rings. The minimum Gasteiger partial charge on any atom is -0.497 e. The van der Waals surface area contributed by atoms with Crippen molar-refractivity contribution in [2.75, 3.05) is 13.7 Å². The number of carbonyl (C=O) groups excluding carboxylic acids is 1. The number of halogens is 3. The van der Waals surface area contributed by atoms with Gasteiger partial charge < -0.3 is 9.47 Å². The van der Waals surface area contributed by atoms with Gasteiger partial charge in [-0.2, -0.15) is 13.2 Å². The Morgan fingerprint density at radius 2 is 1.65 bits per heavy atom. The molecule has 0 radical (unpaired) electrons. The maximum Gasteiger partial charge on any atom is 0.416 e. The highest BCUT2D eigenvalue weighted by Crippen LogP contribution is 2.30. The molecule has 0 N–H and O–H groups in total. The lowest BCUT2D eigenvalue weighted by Crippen LogP contribution is -2.05. The average Bonchev–Trinajstić information content (AvgIpc) is 2.61. The van der Waals surface area contributed by atoms with Crippen LogP contribution in [0.2, 0.25) is 0 Å². The fraction of sp³-hybridized carbons (Fsp3) is 0.250. The Morgan fingerprint density at radius 3 is 2.15 bits per heavy atom. The van der Waals surface area contributed by atoms with Crippen LogP contribution in [-0.4, -0.2) is 19.7 Å². The van der Waals surface area contributed by atoms with Gasteiger partial charge in [-0.3, -0.25) is 0 Å². The summed E-state index contributed by atoms with van der Waals surface area (Å²) in [5.41, 5.74) is 1.26. The van der Waals surface area contributed by atoms with E-state index in [0.717, 1.165) is 17.7 Å². The van der Waals surface area contributed by atoms with Gasteiger partial charge in [-0.05, 0) is 54.3 Å². The Labute approximate surface area is 150 Å². The van der Waals surface area contributed by atoms with Crippen LogP contribution >= 0.6 is 0 Å². The third-order valence-electron chi connectivity index (χ3n) is 3.72. The van der Waals surface area contributed by atoms with Crippen LogP contribution in [0.5, 0.6) is 5.75 Å². The van der Waals surface area contributed by atoms with Crippen molar-refractivity contribution in [1.29, 1.82) is 0 Å². The number of hydrogen-bond acceptors (Lipinski definition) is 3. The van der Waals surface area contributed by atoms with Crippen LogP contribution in [0.25, 0.3) is 5.57 Å². The minimum absolute atomic E-state index is 0.220. The molecule has 0 aromatic heterocycles. The fourth-order valence-corrected chi connectivity index (χ4v) is 2.40. The van der Waals surface area contributed by atoms with Gasteiger partial charge in [-0.25, -0.2) is 4.79 Å². The second-order valence-electron chi connectivity index (χ2n) is 5.52. The highest BCUT2D eigenvalue weighted by Gasteiger charge is 2.30. The Morgan fingerprint density at radius 1 is 1.04 bits per heavy atom. The number of benzene rings is 2. The monoisotopic (exact) mass is 364 g/mol. The van der Waals surface area contributed by atoms with E-state index in [2.05, 4.69) is 0 Å². The third-order valence-corrected chi connectivity index (χ3v) is 3.72. The predicted octanol–water partition coefficient (Wildman–Crippen LogP) is 4.90. The van der Waals surface area contributed by atoms with E-state index in [0.29, 0.717) is 23.3 Å². The first kappa shape index (κ1) is 19.6. The lowest BCUT2D eigenvalue weighted by atomic mass is 9.96. The minimum atomic E-state index is -4.40. The van der Waals surface area contributed by atoms with Crippen LogP contribution in [-0.2, 0) is 22.1 Å². The van der Waals surface area contributed by atoms with Gasteiger partial charge in [0.25, 0.3) is 0 Å². The van der Waals surface area contributed by atoms with Gasteiger partial charge in [0.2, 0.25) is 0 Å². The molecule has 0 aliphatic heterocycles. The SMILES string of the molecule is CCOC(=O)/C=C(/Cc1ccc(OC)cc1)c1ccc(C(F)(F)F)cc1. The first-order chi connectivity index (χ1) is 12.3. The molecule has 0 amide bonds. The Bertz CT molecular complexity index is 760. The van der Waals surface area contributed by atoms with Crippen LogP contribution in [0.1, 0.15) is 23.6 Å². The van der Waals surface area contributed by atoms with Gasteiger partial charge in [0, 0.05) is 6.08 Å². The van der Waals surface area contributed by atoms with Crippen molar-refractivity contribution >= 4 is 11.5 Å². The summed E-state index contributed by atoms with van der Waals surface area (Å²) in [6.45, 7) is 1.91. The summed E-state index contributed by atoms with van der Waals surface area (Å²) >= 11 is 0. The number of alkyl halides is 3. The second kappa shape index (κ2) is 8.56. The van der Waals surface area contributed by atoms with E-state index in [1.807, 2.05) is 12.1 Å². The van der Waals surface area contributed by atoms with Crippen LogP contribution in [0.3, 0.4) is 0 Å². The number of rotatable bonds is 6. The molecule has 0 saturated carbocycles. The van der Waals surface area contributed by atoms with Gasteiger partial charge in [-0.1, -0.05) is 24.3 Å². The summed E-state index contributed by atoms with van der Waals surface area (Å²) in [5, 5.41) is 0. The standard InChI is InChI=1S/C20H19F3O3/c1-3-26-19(24)13-16(12-14-4-10-18(25-2)11-5-14)15-6-8-17(9-7-15)20(21,22)23/h4-11,13H,3,12H2,1-2H3/b16-13-. The van der Waals surface area contributed by atoms with E-state index in [9.17, 15) is 18.0 Å². The molecule has 0 spiro atoms. The van der Waals surface area contributed by atoms with Gasteiger partial charge >= 0.3 is 12.1 Å². The zero-order valence-electron chi connectivity index (χ0n) is 14.5. The van der Waals surface area contributed by atoms with Crippen LogP contribution in [0, 0.1) is 0 Å². The molecule has 0 bridgehead atoms. The molecule has 6 heteroatoms. The first-order valence-electron chi connectivity index (χ1n) is 8.01. The Kier molecular flexibility index (Phi) is 6.44. The molecular formula is C20H19F3O3. The quantitative estimate of drug-likeness (QED) is 0.540. The predicted molar refractivity (Wildman–Crippen MR) is 92.8 cm³/mol. The molecule has 0 heterocycles. The number of esters is 1. The molecular weight excluding hydrogens is 345 g/mol. The van der Waals surface area contributed by atoms with Crippen molar-refractivity contribution in [1.82, 2.24) is 0 Å². The maximum absolute atomic E-state index is 12.7. The molecule has 0 fully saturated rings. The summed E-state index contributed by atoms with van der Waals surface area (Å²) in [4.78, 5) is 11.8. The lowest BCUT2D eigenvalue weighted by Gasteiger charge is -2.11. The van der Waals surface area contributed by atoms with Crippen molar-refractivity contribution in [3.05, 3.63) is 71.3 Å². The zero-order chi connectivity index (χ0) is 19.2. The van der Waals surface area contributed by atoms with Crippen molar-refractivity contribution < 1.29 is 27.4 Å². The van der Waals surface area contributed by atoms with Crippen LogP contribution in [0.4, 0.5) is 13.2 Å². The largest absolute Gasteiger partial charge is 0.497 e. The van der Waals surface area contributed by atoms with E-state index in [1.54, 1.807) is 26.2 Å². The van der Waals surface area contributed by atoms with E-state index < -0.39 is 17.7 Å². The zero-order valence-corrected chi connectivity index (χ0v) is 14.5. The van der Waals surface area contributed by atoms with Crippen molar-refractivity contribution in [2.24, 2.45) is 0 Å². The number of allylic oxidation sites excluding steroid dienone is 1. The van der Waals surface area contributed by atoms with E-state index in [-0.39, 0.29) is 6.61 Å². The normalized spacial score (nSPS) is 12.0. The highest BCUT2D eigenvalue weighted by atomic mass is 19.4. The molecule has 0 unspecified atom stereocenters. The maximum atomic E-state index is 12.7. The summed E-state index contributed by atoms with van der Waals surface area (Å²) < 4.78 is 48.3. The first-order valence-corrected chi connectivity index (χ1v) is 8.01. The Balaban J connectivity index is 2.32. The number of carbonyl (C=O) groups is 1. The van der Waals surface area contributed by atoms with Gasteiger partial charge in [0.05, 0.1) is 19.3 Å². The second-order valence-corrected chi connectivity index (χ2v) is 5.52. The van der Waals surface area contributed by atoms with Crippen LogP contribution < -0.4 is 4.74 Å². The molecule has 3 nitrogen and oxygen atoms in total. The number of hydrogen-bond donors (Lipinski definition) is 0. The molecule has 26 heavy (non-hydrogen) atoms. The summed E-state index contributed by atoms with van der Waals surface area (Å²) in [6, 6.07) is 12.0. The summed E-state index contributed by atoms with van der Waals surface area (Å²) in [5.74, 6) is 0.162. The van der Waals surface area contributed by atoms with Crippen LogP contribution in [0.15, 0.2) is 54.6 Å². The molecule has 2 aromatic carbocycles. The summed E-state index contributed by atoms with van der Waals surface area (Å²) in [6.07, 6.45) is -2.72. The lowest BCUT2D eigenvalue weighted by molar-refractivity contribution is -0.138. The molecule has 0 saturated heterocycles. The van der Waals surface area contributed by atoms with Crippen molar-refractivity contribution in [2.45, 2.75) is 19.5 Å². The average molecular weight is 364 g/mol. The van der Waals surface area contributed by atoms with E-state index >= 15 is 0 Å². The van der Waals surface area contributed by atoms with Gasteiger partial charge in [-0.15, -0.1) is 0 Å².